The van der Waals surface area contributed by atoms with Crippen molar-refractivity contribution in [3.05, 3.63) is 28.8 Å². The molecule has 1 unspecified atom stereocenters. The Bertz CT molecular complexity index is 465. The molecule has 0 saturated carbocycles. The summed E-state index contributed by atoms with van der Waals surface area (Å²) in [6.45, 7) is 8.49. The molecule has 0 bridgehead atoms. The van der Waals surface area contributed by atoms with Gasteiger partial charge in [0.25, 0.3) is 0 Å². The summed E-state index contributed by atoms with van der Waals surface area (Å²) in [5.41, 5.74) is 4.51. The topological polar surface area (TPSA) is 50.4 Å². The molecule has 19 heavy (non-hydrogen) atoms. The maximum absolute atomic E-state index is 12.0. The Morgan fingerprint density at radius 1 is 1.37 bits per heavy atom. The molecule has 4 heteroatoms. The Morgan fingerprint density at radius 3 is 2.84 bits per heavy atom. The van der Waals surface area contributed by atoms with Gasteiger partial charge in [-0.25, -0.2) is 0 Å². The second-order valence-electron chi connectivity index (χ2n) is 5.13. The van der Waals surface area contributed by atoms with Crippen LogP contribution >= 0.6 is 0 Å². The van der Waals surface area contributed by atoms with Crippen molar-refractivity contribution in [2.75, 3.05) is 25.0 Å². The van der Waals surface area contributed by atoms with E-state index >= 15 is 0 Å². The van der Waals surface area contributed by atoms with Gasteiger partial charge in [-0.1, -0.05) is 6.07 Å². The van der Waals surface area contributed by atoms with Gasteiger partial charge >= 0.3 is 0 Å². The van der Waals surface area contributed by atoms with E-state index in [1.165, 1.54) is 11.1 Å². The predicted molar refractivity (Wildman–Crippen MR) is 76.5 cm³/mol. The number of aryl methyl sites for hydroxylation is 1. The number of benzene rings is 1. The number of ether oxygens (including phenoxy) is 1. The second kappa shape index (κ2) is 6.17. The summed E-state index contributed by atoms with van der Waals surface area (Å²) in [7, 11) is 0. The normalized spacial score (nSPS) is 19.2. The zero-order valence-electron chi connectivity index (χ0n) is 11.9. The fourth-order valence-corrected chi connectivity index (χ4v) is 2.25. The minimum atomic E-state index is -0.0133. The van der Waals surface area contributed by atoms with Crippen LogP contribution in [0, 0.1) is 20.8 Å². The van der Waals surface area contributed by atoms with Crippen LogP contribution in [0.15, 0.2) is 12.1 Å². The molecular weight excluding hydrogens is 240 g/mol. The summed E-state index contributed by atoms with van der Waals surface area (Å²) in [4.78, 5) is 12.0. The van der Waals surface area contributed by atoms with Crippen LogP contribution in [0.4, 0.5) is 5.69 Å². The number of anilines is 1. The first-order chi connectivity index (χ1) is 9.08. The number of rotatable bonds is 3. The average molecular weight is 262 g/mol. The van der Waals surface area contributed by atoms with Crippen LogP contribution in [0.1, 0.15) is 23.1 Å². The van der Waals surface area contributed by atoms with E-state index in [4.69, 9.17) is 4.74 Å². The van der Waals surface area contributed by atoms with Crippen LogP contribution in [0.25, 0.3) is 0 Å². The fraction of sp³-hybridized carbons (Fsp3) is 0.533. The lowest BCUT2D eigenvalue weighted by Crippen LogP contribution is -2.40. The molecule has 0 aromatic heterocycles. The molecule has 1 amide bonds. The van der Waals surface area contributed by atoms with E-state index in [1.807, 2.05) is 19.1 Å². The molecule has 4 nitrogen and oxygen atoms in total. The van der Waals surface area contributed by atoms with Gasteiger partial charge in [0, 0.05) is 18.8 Å². The summed E-state index contributed by atoms with van der Waals surface area (Å²) in [6.07, 6.45) is 0.389. The average Bonchev–Trinajstić information content (AvgIpc) is 2.41. The third-order valence-electron chi connectivity index (χ3n) is 3.75. The molecule has 0 radical (unpaired) electrons. The van der Waals surface area contributed by atoms with Gasteiger partial charge in [-0.3, -0.25) is 4.79 Å². The Morgan fingerprint density at radius 2 is 2.16 bits per heavy atom. The highest BCUT2D eigenvalue weighted by atomic mass is 16.5. The lowest BCUT2D eigenvalue weighted by Gasteiger charge is -2.23. The summed E-state index contributed by atoms with van der Waals surface area (Å²) < 4.78 is 5.54. The van der Waals surface area contributed by atoms with Crippen LogP contribution in [0.2, 0.25) is 0 Å². The van der Waals surface area contributed by atoms with E-state index in [0.29, 0.717) is 13.0 Å². The van der Waals surface area contributed by atoms with Gasteiger partial charge in [0.1, 0.15) is 0 Å². The Kier molecular flexibility index (Phi) is 4.56. The number of carbonyl (C=O) groups is 1. The van der Waals surface area contributed by atoms with Crippen molar-refractivity contribution in [3.63, 3.8) is 0 Å². The summed E-state index contributed by atoms with van der Waals surface area (Å²) in [5, 5.41) is 6.21. The first kappa shape index (κ1) is 14.0. The molecule has 1 atom stereocenters. The van der Waals surface area contributed by atoms with Crippen LogP contribution in [-0.4, -0.2) is 31.7 Å². The minimum Gasteiger partial charge on any atom is -0.375 e. The van der Waals surface area contributed by atoms with Crippen LogP contribution in [0.3, 0.4) is 0 Å². The Balaban J connectivity index is 1.97. The predicted octanol–water partition coefficient (Wildman–Crippen LogP) is 1.93. The number of carbonyl (C=O) groups excluding carboxylic acids is 1. The standard InChI is InChI=1S/C15H22N2O2/c1-10-4-5-14(12(3)11(10)2)17-15(18)8-13-9-16-6-7-19-13/h4-5,13,16H,6-9H2,1-3H3,(H,17,18). The molecule has 2 N–H and O–H groups in total. The molecule has 2 rings (SSSR count). The Labute approximate surface area is 114 Å². The van der Waals surface area contributed by atoms with Crippen LogP contribution < -0.4 is 10.6 Å². The molecule has 1 saturated heterocycles. The van der Waals surface area contributed by atoms with E-state index in [2.05, 4.69) is 24.5 Å². The van der Waals surface area contributed by atoms with Crippen molar-refractivity contribution in [3.8, 4) is 0 Å². The molecule has 1 fully saturated rings. The lowest BCUT2D eigenvalue weighted by atomic mass is 10.0. The van der Waals surface area contributed by atoms with Gasteiger partial charge in [0.15, 0.2) is 0 Å². The number of morpholine rings is 1. The minimum absolute atomic E-state index is 0.0133. The molecule has 1 heterocycles. The first-order valence-electron chi connectivity index (χ1n) is 6.77. The van der Waals surface area contributed by atoms with Crippen molar-refractivity contribution in [2.24, 2.45) is 0 Å². The molecule has 1 aliphatic rings. The quantitative estimate of drug-likeness (QED) is 0.875. The third-order valence-corrected chi connectivity index (χ3v) is 3.75. The van der Waals surface area contributed by atoms with Gasteiger partial charge in [0.05, 0.1) is 19.1 Å². The van der Waals surface area contributed by atoms with E-state index < -0.39 is 0 Å². The number of amides is 1. The largest absolute Gasteiger partial charge is 0.375 e. The zero-order chi connectivity index (χ0) is 13.8. The smallest absolute Gasteiger partial charge is 0.227 e. The van der Waals surface area contributed by atoms with Crippen molar-refractivity contribution in [2.45, 2.75) is 33.3 Å². The molecular formula is C15H22N2O2. The van der Waals surface area contributed by atoms with E-state index in [1.54, 1.807) is 0 Å². The molecule has 1 aliphatic heterocycles. The van der Waals surface area contributed by atoms with Gasteiger partial charge in [-0.15, -0.1) is 0 Å². The van der Waals surface area contributed by atoms with Crippen molar-refractivity contribution in [1.29, 1.82) is 0 Å². The van der Waals surface area contributed by atoms with Gasteiger partial charge in [0.2, 0.25) is 5.91 Å². The summed E-state index contributed by atoms with van der Waals surface area (Å²) in [6, 6.07) is 4.01. The second-order valence-corrected chi connectivity index (χ2v) is 5.13. The SMILES string of the molecule is Cc1ccc(NC(=O)CC2CNCCO2)c(C)c1C. The van der Waals surface area contributed by atoms with Gasteiger partial charge in [-0.05, 0) is 43.5 Å². The summed E-state index contributed by atoms with van der Waals surface area (Å²) >= 11 is 0. The fourth-order valence-electron chi connectivity index (χ4n) is 2.25. The number of hydrogen-bond acceptors (Lipinski definition) is 3. The van der Waals surface area contributed by atoms with Crippen LogP contribution in [0.5, 0.6) is 0 Å². The Hall–Kier alpha value is -1.39. The molecule has 0 aliphatic carbocycles. The number of nitrogens with one attached hydrogen (secondary N) is 2. The zero-order valence-corrected chi connectivity index (χ0v) is 11.9. The summed E-state index contributed by atoms with van der Waals surface area (Å²) in [5.74, 6) is 0.0139. The number of hydrogen-bond donors (Lipinski definition) is 2. The van der Waals surface area contributed by atoms with Gasteiger partial charge < -0.3 is 15.4 Å². The maximum Gasteiger partial charge on any atom is 0.227 e. The molecule has 104 valence electrons. The van der Waals surface area contributed by atoms with E-state index in [0.717, 1.165) is 24.3 Å². The maximum atomic E-state index is 12.0. The van der Waals surface area contributed by atoms with Crippen molar-refractivity contribution >= 4 is 11.6 Å². The van der Waals surface area contributed by atoms with Crippen molar-refractivity contribution < 1.29 is 9.53 Å². The van der Waals surface area contributed by atoms with Gasteiger partial charge in [-0.2, -0.15) is 0 Å². The highest BCUT2D eigenvalue weighted by Gasteiger charge is 2.17. The molecule has 1 aromatic carbocycles. The van der Waals surface area contributed by atoms with Crippen LogP contribution in [-0.2, 0) is 9.53 Å². The highest BCUT2D eigenvalue weighted by molar-refractivity contribution is 5.92. The lowest BCUT2D eigenvalue weighted by molar-refractivity contribution is -0.119. The monoisotopic (exact) mass is 262 g/mol. The molecule has 1 aromatic rings. The highest BCUT2D eigenvalue weighted by Crippen LogP contribution is 2.21. The third kappa shape index (κ3) is 3.55. The first-order valence-corrected chi connectivity index (χ1v) is 6.77. The van der Waals surface area contributed by atoms with E-state index in [-0.39, 0.29) is 12.0 Å². The molecule has 0 spiro atoms. The van der Waals surface area contributed by atoms with Crippen molar-refractivity contribution in [1.82, 2.24) is 5.32 Å². The van der Waals surface area contributed by atoms with E-state index in [9.17, 15) is 4.79 Å².